The smallest absolute Gasteiger partial charge is 0.273 e. The fraction of sp³-hybridized carbons (Fsp3) is 0.556. The first-order valence-corrected chi connectivity index (χ1v) is 9.08. The Morgan fingerprint density at radius 3 is 2.84 bits per heavy atom. The van der Waals surface area contributed by atoms with Gasteiger partial charge in [-0.25, -0.2) is 4.68 Å². The van der Waals surface area contributed by atoms with Crippen LogP contribution in [0, 0.1) is 0 Å². The molecule has 0 radical (unpaired) electrons. The SMILES string of the molecule is NC1CCC(n2cc(C(=O)NCCCCc3ccccn3)nn2)CC1. The Labute approximate surface area is 148 Å². The minimum Gasteiger partial charge on any atom is -0.351 e. The van der Waals surface area contributed by atoms with Crippen molar-refractivity contribution in [1.82, 2.24) is 25.3 Å². The van der Waals surface area contributed by atoms with E-state index in [2.05, 4.69) is 20.6 Å². The number of nitrogens with two attached hydrogens (primary N) is 1. The lowest BCUT2D eigenvalue weighted by Gasteiger charge is -2.25. The zero-order valence-electron chi connectivity index (χ0n) is 14.5. The largest absolute Gasteiger partial charge is 0.351 e. The zero-order chi connectivity index (χ0) is 17.5. The molecule has 2 heterocycles. The van der Waals surface area contributed by atoms with Gasteiger partial charge in [0.1, 0.15) is 0 Å². The van der Waals surface area contributed by atoms with Gasteiger partial charge in [-0.1, -0.05) is 11.3 Å². The van der Waals surface area contributed by atoms with Gasteiger partial charge in [-0.2, -0.15) is 0 Å². The maximum atomic E-state index is 12.2. The van der Waals surface area contributed by atoms with Gasteiger partial charge in [-0.05, 0) is 57.1 Å². The first kappa shape index (κ1) is 17.5. The van der Waals surface area contributed by atoms with Crippen molar-refractivity contribution in [2.24, 2.45) is 5.73 Å². The standard InChI is InChI=1S/C18H26N6O/c19-14-7-9-16(10-8-14)24-13-17(22-23-24)18(25)21-12-4-2-6-15-5-1-3-11-20-15/h1,3,5,11,13-14,16H,2,4,6-10,12,19H2,(H,21,25). The summed E-state index contributed by atoms with van der Waals surface area (Å²) in [4.78, 5) is 16.5. The van der Waals surface area contributed by atoms with Crippen LogP contribution >= 0.6 is 0 Å². The zero-order valence-corrected chi connectivity index (χ0v) is 14.5. The first-order valence-electron chi connectivity index (χ1n) is 9.08. The summed E-state index contributed by atoms with van der Waals surface area (Å²) < 4.78 is 1.82. The quantitative estimate of drug-likeness (QED) is 0.748. The number of unbranched alkanes of at least 4 members (excludes halogenated alkanes) is 1. The van der Waals surface area contributed by atoms with Gasteiger partial charge in [0.2, 0.25) is 0 Å². The molecule has 1 saturated carbocycles. The van der Waals surface area contributed by atoms with E-state index >= 15 is 0 Å². The van der Waals surface area contributed by atoms with Crippen molar-refractivity contribution in [3.8, 4) is 0 Å². The molecule has 3 N–H and O–H groups in total. The van der Waals surface area contributed by atoms with Gasteiger partial charge in [0.15, 0.2) is 5.69 Å². The average Bonchev–Trinajstić information content (AvgIpc) is 3.13. The second-order valence-electron chi connectivity index (χ2n) is 6.69. The molecule has 2 aromatic heterocycles. The molecule has 1 aliphatic rings. The third kappa shape index (κ3) is 5.09. The molecule has 0 spiro atoms. The Balaban J connectivity index is 1.38. The van der Waals surface area contributed by atoms with Crippen LogP contribution < -0.4 is 11.1 Å². The van der Waals surface area contributed by atoms with Crippen molar-refractivity contribution in [3.05, 3.63) is 42.0 Å². The van der Waals surface area contributed by atoms with Crippen LogP contribution in [-0.4, -0.2) is 38.5 Å². The van der Waals surface area contributed by atoms with Crippen LogP contribution in [-0.2, 0) is 6.42 Å². The lowest BCUT2D eigenvalue weighted by molar-refractivity contribution is 0.0948. The van der Waals surface area contributed by atoms with Gasteiger partial charge in [0.05, 0.1) is 12.2 Å². The van der Waals surface area contributed by atoms with Crippen molar-refractivity contribution >= 4 is 5.91 Å². The Kier molecular flexibility index (Phi) is 6.11. The van der Waals surface area contributed by atoms with Crippen LogP contribution in [0.3, 0.4) is 0 Å². The van der Waals surface area contributed by atoms with E-state index in [9.17, 15) is 4.79 Å². The Morgan fingerprint density at radius 2 is 2.08 bits per heavy atom. The third-order valence-corrected chi connectivity index (χ3v) is 4.73. The summed E-state index contributed by atoms with van der Waals surface area (Å²) in [7, 11) is 0. The number of nitrogens with zero attached hydrogens (tertiary/aromatic N) is 4. The van der Waals surface area contributed by atoms with E-state index in [4.69, 9.17) is 5.73 Å². The van der Waals surface area contributed by atoms with E-state index < -0.39 is 0 Å². The molecule has 1 amide bonds. The van der Waals surface area contributed by atoms with E-state index in [1.807, 2.05) is 22.9 Å². The number of pyridine rings is 1. The minimum atomic E-state index is -0.156. The molecule has 7 heteroatoms. The maximum absolute atomic E-state index is 12.2. The summed E-state index contributed by atoms with van der Waals surface area (Å²) >= 11 is 0. The van der Waals surface area contributed by atoms with Crippen molar-refractivity contribution in [2.75, 3.05) is 6.54 Å². The van der Waals surface area contributed by atoms with Crippen LogP contribution in [0.1, 0.15) is 60.7 Å². The molecule has 1 fully saturated rings. The van der Waals surface area contributed by atoms with Gasteiger partial charge >= 0.3 is 0 Å². The highest BCUT2D eigenvalue weighted by Gasteiger charge is 2.22. The van der Waals surface area contributed by atoms with Gasteiger partial charge < -0.3 is 11.1 Å². The number of aryl methyl sites for hydroxylation is 1. The Morgan fingerprint density at radius 1 is 1.24 bits per heavy atom. The molecule has 2 aromatic rings. The summed E-state index contributed by atoms with van der Waals surface area (Å²) in [6.45, 7) is 0.636. The van der Waals surface area contributed by atoms with Crippen LogP contribution in [0.25, 0.3) is 0 Å². The number of hydrogen-bond acceptors (Lipinski definition) is 5. The van der Waals surface area contributed by atoms with Gasteiger partial charge in [0, 0.05) is 24.5 Å². The highest BCUT2D eigenvalue weighted by atomic mass is 16.2. The Hall–Kier alpha value is -2.28. The summed E-state index contributed by atoms with van der Waals surface area (Å²) in [5.41, 5.74) is 7.41. The fourth-order valence-corrected chi connectivity index (χ4v) is 3.19. The summed E-state index contributed by atoms with van der Waals surface area (Å²) in [6, 6.07) is 6.54. The fourth-order valence-electron chi connectivity index (χ4n) is 3.19. The normalized spacial score (nSPS) is 20.4. The number of carbonyl (C=O) groups is 1. The lowest BCUT2D eigenvalue weighted by Crippen LogP contribution is -2.28. The van der Waals surface area contributed by atoms with Crippen LogP contribution in [0.5, 0.6) is 0 Å². The highest BCUT2D eigenvalue weighted by molar-refractivity contribution is 5.91. The number of hydrogen-bond donors (Lipinski definition) is 2. The predicted octanol–water partition coefficient (Wildman–Crippen LogP) is 1.87. The molecule has 7 nitrogen and oxygen atoms in total. The highest BCUT2D eigenvalue weighted by Crippen LogP contribution is 2.26. The van der Waals surface area contributed by atoms with E-state index in [0.29, 0.717) is 24.3 Å². The average molecular weight is 342 g/mol. The molecule has 1 aliphatic carbocycles. The number of amides is 1. The second-order valence-corrected chi connectivity index (χ2v) is 6.69. The third-order valence-electron chi connectivity index (χ3n) is 4.73. The minimum absolute atomic E-state index is 0.156. The van der Waals surface area contributed by atoms with E-state index in [0.717, 1.165) is 50.6 Å². The number of nitrogens with one attached hydrogen (secondary N) is 1. The molecule has 25 heavy (non-hydrogen) atoms. The molecule has 134 valence electrons. The van der Waals surface area contributed by atoms with Crippen LogP contribution in [0.2, 0.25) is 0 Å². The summed E-state index contributed by atoms with van der Waals surface area (Å²) in [6.07, 6.45) is 10.4. The summed E-state index contributed by atoms with van der Waals surface area (Å²) in [5.74, 6) is -0.156. The molecule has 0 aromatic carbocycles. The molecular weight excluding hydrogens is 316 g/mol. The van der Waals surface area contributed by atoms with Gasteiger partial charge in [-0.3, -0.25) is 9.78 Å². The van der Waals surface area contributed by atoms with E-state index in [1.54, 1.807) is 12.4 Å². The van der Waals surface area contributed by atoms with Crippen LogP contribution in [0.4, 0.5) is 0 Å². The van der Waals surface area contributed by atoms with Crippen molar-refractivity contribution in [1.29, 1.82) is 0 Å². The monoisotopic (exact) mass is 342 g/mol. The maximum Gasteiger partial charge on any atom is 0.273 e. The van der Waals surface area contributed by atoms with Crippen molar-refractivity contribution in [2.45, 2.75) is 57.0 Å². The molecule has 3 rings (SSSR count). The van der Waals surface area contributed by atoms with E-state index in [-0.39, 0.29) is 5.91 Å². The van der Waals surface area contributed by atoms with Crippen molar-refractivity contribution < 1.29 is 4.79 Å². The van der Waals surface area contributed by atoms with Gasteiger partial charge in [0.25, 0.3) is 5.91 Å². The molecule has 0 aliphatic heterocycles. The second kappa shape index (κ2) is 8.71. The Bertz CT molecular complexity index is 663. The molecule has 0 unspecified atom stereocenters. The summed E-state index contributed by atoms with van der Waals surface area (Å²) in [5, 5.41) is 11.1. The number of rotatable bonds is 7. The predicted molar refractivity (Wildman–Crippen MR) is 95.0 cm³/mol. The molecule has 0 bridgehead atoms. The number of carbonyl (C=O) groups excluding carboxylic acids is 1. The van der Waals surface area contributed by atoms with Crippen molar-refractivity contribution in [3.63, 3.8) is 0 Å². The van der Waals surface area contributed by atoms with Crippen LogP contribution in [0.15, 0.2) is 30.6 Å². The molecule has 0 saturated heterocycles. The lowest BCUT2D eigenvalue weighted by atomic mass is 9.92. The van der Waals surface area contributed by atoms with E-state index in [1.165, 1.54) is 0 Å². The number of aromatic nitrogens is 4. The first-order chi connectivity index (χ1) is 12.2. The molecule has 0 atom stereocenters. The van der Waals surface area contributed by atoms with Gasteiger partial charge in [-0.15, -0.1) is 5.10 Å². The molecular formula is C18H26N6O. The topological polar surface area (TPSA) is 98.7 Å².